The van der Waals surface area contributed by atoms with Crippen LogP contribution in [-0.4, -0.2) is 278 Å². The van der Waals surface area contributed by atoms with E-state index < -0.39 is 234 Å². The van der Waals surface area contributed by atoms with Crippen molar-refractivity contribution in [2.75, 3.05) is 58.7 Å². The summed E-state index contributed by atoms with van der Waals surface area (Å²) in [4.78, 5) is 257. The van der Waals surface area contributed by atoms with Gasteiger partial charge in [0.25, 0.3) is 5.91 Å². The SMILES string of the molecule is CCCCN1C(=O)N[C@H](C(N)=O)CC(=O)NCCCCC(=O)NCC(=O)N(C)C(=O)NC([C@@H](C)CC)C(=O)N[C@H]2CSSC(C)(C)[C@H](NC(=O)[C@H]([C@@H](C)CC)NC(=O)[C@@H]3C[C@@H]4CCCC[C@@H]4N3C(=O)[C@@H]3CCCN3C(=O)[C@H](CC(C)C)NC(=O)[C@H](CO)NC(=O)[C@H](CCCN=C(N)N)NC(=O)[C@H](CO)NC2=O)C(=O)N[C@@H]([C@@H](C)CC)C1=O. The smallest absolute Gasteiger partial charge is 0.324 e. The summed E-state index contributed by atoms with van der Waals surface area (Å²) in [5.41, 5.74) is 17.0. The van der Waals surface area contributed by atoms with Crippen LogP contribution in [0.4, 0.5) is 9.59 Å². The number of carbonyl (C=O) groups excluding carboxylic acids is 17. The third kappa shape index (κ3) is 28.6. The van der Waals surface area contributed by atoms with Gasteiger partial charge in [0.1, 0.15) is 72.5 Å². The summed E-state index contributed by atoms with van der Waals surface area (Å²) in [6, 6.07) is -21.8. The molecule has 4 saturated heterocycles. The summed E-state index contributed by atoms with van der Waals surface area (Å²) in [5.74, 6) is -17.5. The van der Waals surface area contributed by atoms with Crippen molar-refractivity contribution in [2.45, 2.75) is 281 Å². The van der Waals surface area contributed by atoms with Crippen molar-refractivity contribution in [2.24, 2.45) is 51.8 Å². The van der Waals surface area contributed by atoms with Crippen molar-refractivity contribution >= 4 is 128 Å². The highest BCUT2D eigenvalue weighted by atomic mass is 33.1. The second-order valence-electron chi connectivity index (χ2n) is 32.0. The fraction of sp³-hybridized carbons (Fsp3) is 0.763. The average molecular weight is 1690 g/mol. The molecule has 5 rings (SSSR count). The van der Waals surface area contributed by atoms with Crippen LogP contribution < -0.4 is 81.0 Å². The predicted molar refractivity (Wildman–Crippen MR) is 435 cm³/mol. The lowest BCUT2D eigenvalue weighted by Gasteiger charge is -2.38. The van der Waals surface area contributed by atoms with E-state index in [1.807, 2.05) is 0 Å². The fourth-order valence-corrected chi connectivity index (χ4v) is 17.4. The first kappa shape index (κ1) is 98.5. The minimum absolute atomic E-state index is 0.000158. The van der Waals surface area contributed by atoms with Crippen LogP contribution in [0.1, 0.15) is 198 Å². The number of nitrogens with one attached hydrogen (secondary N) is 12. The highest BCUT2D eigenvalue weighted by Gasteiger charge is 2.53. The van der Waals surface area contributed by atoms with Gasteiger partial charge in [-0.3, -0.25) is 86.7 Å². The van der Waals surface area contributed by atoms with Gasteiger partial charge in [0.2, 0.25) is 82.7 Å². The first-order chi connectivity index (χ1) is 55.3. The molecule has 4 aliphatic heterocycles. The molecule has 117 heavy (non-hydrogen) atoms. The van der Waals surface area contributed by atoms with E-state index in [9.17, 15) is 58.2 Å². The molecule has 0 aromatic heterocycles. The number of aliphatic hydroxyl groups is 2. The number of aliphatic hydroxyl groups excluding tert-OH is 2. The Balaban J connectivity index is 1.78. The Morgan fingerprint density at radius 3 is 1.76 bits per heavy atom. The molecule has 41 heteroatoms. The van der Waals surface area contributed by atoms with Crippen molar-refractivity contribution in [3.63, 3.8) is 0 Å². The second kappa shape index (κ2) is 47.5. The molecular weight excluding hydrogens is 1560 g/mol. The Bertz CT molecular complexity index is 3560. The largest absolute Gasteiger partial charge is 0.394 e. The van der Waals surface area contributed by atoms with E-state index in [0.717, 1.165) is 40.0 Å². The van der Waals surface area contributed by atoms with Gasteiger partial charge in [-0.05, 0) is 114 Å². The standard InChI is InChI=1S/C76H128N20O19S2/c1-13-17-31-95-72(113)59(43(9)16-4)90-69(110)60-76(10,11)117-116-39-50(87-67(108)58(42(8)15-3)91-74(114)93(12)56(101)36-82-54(99)28-20-21-29-80-55(100)35-46(61(77)102)88-75(95)115)65(106)86-48(37-97)63(104)83-45(25-22-30-81-73(78)79)62(103)85-49(38-98)64(105)84-47(33-40(5)6)70(111)94-32-23-27-52(94)71(112)96-51-26-19-18-24-44(51)34-53(96)66(107)89-57(41(7)14-2)68(109)92-60/h40-53,57-60,97-98H,13-39H2,1-12H3,(H2,77,102)(H,80,100)(H,82,99)(H,83,104)(H,84,105)(H,85,103)(H,86,106)(H,87,108)(H,88,115)(H,89,107)(H,90,110)(H,91,114)(H,92,109)(H4,78,79,81)/t41-,42-,43-,44-,45-,46-,47-,48-,49-,50-,51-,52-,53-,57-,58?,59-,60+/m0/s1. The minimum atomic E-state index is -1.97. The molecule has 1 aliphatic carbocycles. The van der Waals surface area contributed by atoms with Gasteiger partial charge < -0.3 is 101 Å². The summed E-state index contributed by atoms with van der Waals surface area (Å²) < 4.78 is -1.66. The summed E-state index contributed by atoms with van der Waals surface area (Å²) in [7, 11) is 2.75. The Morgan fingerprint density at radius 2 is 1.15 bits per heavy atom. The van der Waals surface area contributed by atoms with E-state index >= 15 is 33.6 Å². The van der Waals surface area contributed by atoms with Crippen LogP contribution in [0.5, 0.6) is 0 Å². The Labute approximate surface area is 692 Å². The molecule has 39 nitrogen and oxygen atoms in total. The number of rotatable bonds is 18. The number of hydrogen-bond acceptors (Lipinski definition) is 22. The Kier molecular flexibility index (Phi) is 39.9. The number of unbranched alkanes of at least 4 members (excludes halogenated alkanes) is 1. The van der Waals surface area contributed by atoms with Crippen LogP contribution in [0.2, 0.25) is 0 Å². The number of likely N-dealkylation sites (N-methyl/N-ethyl adjacent to an activating group) is 1. The monoisotopic (exact) mass is 1690 g/mol. The second-order valence-corrected chi connectivity index (χ2v) is 35.0. The lowest BCUT2D eigenvalue weighted by atomic mass is 9.84. The number of nitrogens with zero attached hydrogens (tertiary/aromatic N) is 5. The zero-order valence-electron chi connectivity index (χ0n) is 69.6. The molecule has 20 N–H and O–H groups in total. The molecule has 2 bridgehead atoms. The third-order valence-corrected chi connectivity index (χ3v) is 25.6. The molecule has 658 valence electrons. The number of primary amides is 1. The third-order valence-electron chi connectivity index (χ3n) is 22.3. The lowest BCUT2D eigenvalue weighted by Crippen LogP contribution is -2.65. The van der Waals surface area contributed by atoms with Gasteiger partial charge in [-0.2, -0.15) is 0 Å². The lowest BCUT2D eigenvalue weighted by molar-refractivity contribution is -0.150. The number of nitrogens with two attached hydrogens (primary N) is 3. The number of guanidine groups is 1. The molecule has 4 heterocycles. The molecule has 17 atom stereocenters. The molecule has 1 unspecified atom stereocenters. The number of hydrogen-bond donors (Lipinski definition) is 17. The van der Waals surface area contributed by atoms with Gasteiger partial charge >= 0.3 is 12.1 Å². The van der Waals surface area contributed by atoms with E-state index in [1.54, 1.807) is 62.3 Å². The molecule has 0 radical (unpaired) electrons. The van der Waals surface area contributed by atoms with E-state index in [4.69, 9.17) is 17.2 Å². The zero-order chi connectivity index (χ0) is 87.3. The molecule has 19 amide bonds. The predicted octanol–water partition coefficient (Wildman–Crippen LogP) is -2.05. The van der Waals surface area contributed by atoms with Crippen LogP contribution >= 0.6 is 21.6 Å². The van der Waals surface area contributed by atoms with Crippen LogP contribution in [-0.2, 0) is 71.9 Å². The molecule has 1 saturated carbocycles. The van der Waals surface area contributed by atoms with Gasteiger partial charge in [0, 0.05) is 56.2 Å². The fourth-order valence-electron chi connectivity index (χ4n) is 14.6. The minimum Gasteiger partial charge on any atom is -0.394 e. The van der Waals surface area contributed by atoms with Crippen LogP contribution in [0.3, 0.4) is 0 Å². The number of imide groups is 2. The zero-order valence-corrected chi connectivity index (χ0v) is 71.2. The van der Waals surface area contributed by atoms with Crippen LogP contribution in [0.15, 0.2) is 4.99 Å². The highest BCUT2D eigenvalue weighted by molar-refractivity contribution is 8.77. The molecule has 0 spiro atoms. The van der Waals surface area contributed by atoms with Crippen molar-refractivity contribution in [3.8, 4) is 0 Å². The van der Waals surface area contributed by atoms with E-state index in [1.165, 1.54) is 23.6 Å². The normalized spacial score (nSPS) is 28.9. The van der Waals surface area contributed by atoms with Gasteiger partial charge in [0.05, 0.1) is 26.2 Å². The molecule has 5 fully saturated rings. The molecular formula is C76H128N20O19S2. The molecule has 5 aliphatic rings. The van der Waals surface area contributed by atoms with Crippen molar-refractivity contribution < 1.29 is 91.7 Å². The van der Waals surface area contributed by atoms with Crippen molar-refractivity contribution in [1.29, 1.82) is 0 Å². The van der Waals surface area contributed by atoms with Crippen LogP contribution in [0.25, 0.3) is 0 Å². The van der Waals surface area contributed by atoms with Crippen molar-refractivity contribution in [1.82, 2.24) is 83.4 Å². The molecule has 0 aromatic rings. The highest BCUT2D eigenvalue weighted by Crippen LogP contribution is 2.42. The summed E-state index contributed by atoms with van der Waals surface area (Å²) in [5, 5.41) is 53.1. The Hall–Kier alpha value is -9.12. The van der Waals surface area contributed by atoms with Crippen molar-refractivity contribution in [3.05, 3.63) is 0 Å². The van der Waals surface area contributed by atoms with Gasteiger partial charge in [-0.1, -0.05) is 122 Å². The number of urea groups is 2. The number of carbonyl (C=O) groups is 17. The number of aliphatic imine (C=N–C) groups is 1. The quantitative estimate of drug-likeness (QED) is 0.0304. The van der Waals surface area contributed by atoms with E-state index in [2.05, 4.69) is 68.8 Å². The maximum Gasteiger partial charge on any atom is 0.324 e. The van der Waals surface area contributed by atoms with E-state index in [0.29, 0.717) is 37.0 Å². The number of amides is 19. The first-order valence-corrected chi connectivity index (χ1v) is 43.3. The molecule has 0 aromatic carbocycles. The maximum absolute atomic E-state index is 15.9. The van der Waals surface area contributed by atoms with Gasteiger partial charge in [-0.15, -0.1) is 0 Å². The van der Waals surface area contributed by atoms with E-state index in [-0.39, 0.29) is 121 Å². The van der Waals surface area contributed by atoms with Gasteiger partial charge in [0.15, 0.2) is 5.96 Å². The summed E-state index contributed by atoms with van der Waals surface area (Å²) in [6.45, 7) is 15.1. The first-order valence-electron chi connectivity index (χ1n) is 40.9. The Morgan fingerprint density at radius 1 is 0.573 bits per heavy atom. The summed E-state index contributed by atoms with van der Waals surface area (Å²) in [6.07, 6.45) is 3.79. The van der Waals surface area contributed by atoms with Crippen LogP contribution in [0, 0.1) is 29.6 Å². The average Bonchev–Trinajstić information content (AvgIpc) is 1.62. The number of fused-ring (bicyclic) bond motifs is 9. The maximum atomic E-state index is 15.9. The van der Waals surface area contributed by atoms with Gasteiger partial charge in [-0.25, -0.2) is 9.59 Å². The summed E-state index contributed by atoms with van der Waals surface area (Å²) >= 11 is 0. The topological polar surface area (TPSA) is 578 Å².